The van der Waals surface area contributed by atoms with E-state index in [-0.39, 0.29) is 5.60 Å². The zero-order valence-electron chi connectivity index (χ0n) is 21.9. The van der Waals surface area contributed by atoms with Crippen molar-refractivity contribution in [1.29, 1.82) is 0 Å². The molecule has 0 aromatic heterocycles. The summed E-state index contributed by atoms with van der Waals surface area (Å²) in [6, 6.07) is 0. The number of phenols is 1. The fraction of sp³-hybridized carbons (Fsp3) is 0.793. The summed E-state index contributed by atoms with van der Waals surface area (Å²) in [5.74, 6) is 4.04. The van der Waals surface area contributed by atoms with E-state index < -0.39 is 0 Å². The molecule has 1 unspecified atom stereocenters. The Labute approximate surface area is 193 Å². The van der Waals surface area contributed by atoms with E-state index in [1.54, 1.807) is 0 Å². The fourth-order valence-electron chi connectivity index (χ4n) is 5.27. The van der Waals surface area contributed by atoms with Crippen molar-refractivity contribution in [2.24, 2.45) is 17.8 Å². The van der Waals surface area contributed by atoms with Gasteiger partial charge in [0.05, 0.1) is 0 Å². The first-order chi connectivity index (χ1) is 14.5. The number of ether oxygens (including phenoxy) is 1. The van der Waals surface area contributed by atoms with Gasteiger partial charge in [-0.05, 0) is 87.8 Å². The molecule has 1 N–H and O–H groups in total. The van der Waals surface area contributed by atoms with Gasteiger partial charge in [0.2, 0.25) is 0 Å². The molecule has 1 heterocycles. The van der Waals surface area contributed by atoms with Crippen LogP contribution in [0.4, 0.5) is 0 Å². The molecule has 1 aromatic rings. The van der Waals surface area contributed by atoms with Crippen molar-refractivity contribution < 1.29 is 9.84 Å². The number of rotatable bonds is 12. The van der Waals surface area contributed by atoms with Gasteiger partial charge in [-0.1, -0.05) is 72.6 Å². The van der Waals surface area contributed by atoms with Gasteiger partial charge in [-0.25, -0.2) is 0 Å². The highest BCUT2D eigenvalue weighted by Crippen LogP contribution is 2.44. The summed E-state index contributed by atoms with van der Waals surface area (Å²) in [5, 5.41) is 10.4. The van der Waals surface area contributed by atoms with Gasteiger partial charge in [0.25, 0.3) is 0 Å². The molecule has 1 aliphatic rings. The van der Waals surface area contributed by atoms with Crippen LogP contribution in [0.1, 0.15) is 121 Å². The van der Waals surface area contributed by atoms with Crippen LogP contribution in [0, 0.1) is 38.5 Å². The molecule has 0 saturated carbocycles. The molecule has 0 radical (unpaired) electrons. The number of hydrogen-bond acceptors (Lipinski definition) is 2. The van der Waals surface area contributed by atoms with Crippen LogP contribution in [0.25, 0.3) is 0 Å². The lowest BCUT2D eigenvalue weighted by Gasteiger charge is -2.38. The maximum atomic E-state index is 10.4. The van der Waals surface area contributed by atoms with Crippen LogP contribution in [-0.2, 0) is 6.42 Å². The molecule has 0 aliphatic carbocycles. The molecule has 31 heavy (non-hydrogen) atoms. The van der Waals surface area contributed by atoms with E-state index in [2.05, 4.69) is 41.5 Å². The summed E-state index contributed by atoms with van der Waals surface area (Å²) in [6.07, 6.45) is 14.1. The lowest BCUT2D eigenvalue weighted by Crippen LogP contribution is -2.37. The molecule has 2 heteroatoms. The van der Waals surface area contributed by atoms with Crippen molar-refractivity contribution in [2.45, 2.75) is 132 Å². The third kappa shape index (κ3) is 7.43. The first kappa shape index (κ1) is 26.1. The van der Waals surface area contributed by atoms with Gasteiger partial charge in [0, 0.05) is 5.56 Å². The minimum absolute atomic E-state index is 0.0712. The smallest absolute Gasteiger partial charge is 0.127 e. The molecule has 0 fully saturated rings. The first-order valence-electron chi connectivity index (χ1n) is 13.0. The first-order valence-corrected chi connectivity index (χ1v) is 13.0. The molecule has 178 valence electrons. The Balaban J connectivity index is 1.74. The molecule has 0 saturated heterocycles. The standard InChI is InChI=1S/C29H50O2/c1-20(2)12-9-13-21(3)14-10-15-22(4)16-11-18-29(8)19-17-26-25(7)27(30)23(5)24(6)28(26)31-29/h20-22,30H,9-19H2,1-8H3/t21-,22+,29?/m1/s1. The number of fused-ring (bicyclic) bond motifs is 1. The van der Waals surface area contributed by atoms with Crippen molar-refractivity contribution in [3.8, 4) is 11.5 Å². The van der Waals surface area contributed by atoms with Crippen molar-refractivity contribution in [3.63, 3.8) is 0 Å². The van der Waals surface area contributed by atoms with Gasteiger partial charge in [0.1, 0.15) is 17.1 Å². The maximum Gasteiger partial charge on any atom is 0.127 e. The Morgan fingerprint density at radius 1 is 0.806 bits per heavy atom. The second-order valence-electron chi connectivity index (χ2n) is 11.4. The van der Waals surface area contributed by atoms with Gasteiger partial charge in [-0.15, -0.1) is 0 Å². The molecule has 3 atom stereocenters. The third-order valence-electron chi connectivity index (χ3n) is 7.87. The van der Waals surface area contributed by atoms with Crippen LogP contribution in [0.5, 0.6) is 11.5 Å². The van der Waals surface area contributed by atoms with Crippen molar-refractivity contribution in [1.82, 2.24) is 0 Å². The lowest BCUT2D eigenvalue weighted by molar-refractivity contribution is 0.0512. The molecule has 1 aromatic carbocycles. The van der Waals surface area contributed by atoms with E-state index in [1.165, 1.54) is 56.9 Å². The van der Waals surface area contributed by atoms with Crippen molar-refractivity contribution in [2.75, 3.05) is 0 Å². The molecule has 0 spiro atoms. The fourth-order valence-corrected chi connectivity index (χ4v) is 5.27. The summed E-state index contributed by atoms with van der Waals surface area (Å²) in [6.45, 7) is 17.9. The highest BCUT2D eigenvalue weighted by molar-refractivity contribution is 5.58. The quantitative estimate of drug-likeness (QED) is 0.359. The van der Waals surface area contributed by atoms with Crippen molar-refractivity contribution >= 4 is 0 Å². The third-order valence-corrected chi connectivity index (χ3v) is 7.87. The van der Waals surface area contributed by atoms with Crippen molar-refractivity contribution in [3.05, 3.63) is 22.3 Å². The largest absolute Gasteiger partial charge is 0.507 e. The van der Waals surface area contributed by atoms with Gasteiger partial charge in [-0.2, -0.15) is 0 Å². The van der Waals surface area contributed by atoms with Crippen LogP contribution < -0.4 is 4.74 Å². The molecule has 1 aliphatic heterocycles. The predicted molar refractivity (Wildman–Crippen MR) is 134 cm³/mol. The Hall–Kier alpha value is -1.18. The zero-order valence-corrected chi connectivity index (χ0v) is 21.9. The number of hydrogen-bond donors (Lipinski definition) is 1. The topological polar surface area (TPSA) is 29.5 Å². The highest BCUT2D eigenvalue weighted by Gasteiger charge is 2.34. The summed E-state index contributed by atoms with van der Waals surface area (Å²) < 4.78 is 6.60. The minimum Gasteiger partial charge on any atom is -0.507 e. The van der Waals surface area contributed by atoms with Gasteiger partial charge in [-0.3, -0.25) is 0 Å². The zero-order chi connectivity index (χ0) is 23.2. The monoisotopic (exact) mass is 430 g/mol. The van der Waals surface area contributed by atoms with Gasteiger partial charge < -0.3 is 9.84 Å². The molecule has 2 rings (SSSR count). The number of benzene rings is 1. The highest BCUT2D eigenvalue weighted by atomic mass is 16.5. The Kier molecular flexibility index (Phi) is 9.77. The summed E-state index contributed by atoms with van der Waals surface area (Å²) in [4.78, 5) is 0. The Morgan fingerprint density at radius 2 is 1.35 bits per heavy atom. The van der Waals surface area contributed by atoms with Gasteiger partial charge >= 0.3 is 0 Å². The predicted octanol–water partition coefficient (Wildman–Crippen LogP) is 8.84. The van der Waals surface area contributed by atoms with Crippen LogP contribution in [0.3, 0.4) is 0 Å². The van der Waals surface area contributed by atoms with Crippen LogP contribution >= 0.6 is 0 Å². The summed E-state index contributed by atoms with van der Waals surface area (Å²) >= 11 is 0. The summed E-state index contributed by atoms with van der Waals surface area (Å²) in [7, 11) is 0. The maximum absolute atomic E-state index is 10.4. The molecular weight excluding hydrogens is 380 g/mol. The Morgan fingerprint density at radius 3 is 1.94 bits per heavy atom. The van der Waals surface area contributed by atoms with Crippen LogP contribution in [-0.4, -0.2) is 10.7 Å². The van der Waals surface area contributed by atoms with E-state index in [0.717, 1.165) is 59.5 Å². The molecule has 0 bridgehead atoms. The van der Waals surface area contributed by atoms with E-state index in [1.807, 2.05) is 13.8 Å². The molecule has 0 amide bonds. The summed E-state index contributed by atoms with van der Waals surface area (Å²) in [5.41, 5.74) is 4.23. The minimum atomic E-state index is -0.0712. The van der Waals surface area contributed by atoms with Crippen LogP contribution in [0.15, 0.2) is 0 Å². The van der Waals surface area contributed by atoms with E-state index in [0.29, 0.717) is 5.75 Å². The van der Waals surface area contributed by atoms with Crippen LogP contribution in [0.2, 0.25) is 0 Å². The molecule has 2 nitrogen and oxygen atoms in total. The second-order valence-corrected chi connectivity index (χ2v) is 11.4. The van der Waals surface area contributed by atoms with E-state index >= 15 is 0 Å². The lowest BCUT2D eigenvalue weighted by atomic mass is 9.84. The van der Waals surface area contributed by atoms with E-state index in [4.69, 9.17) is 4.74 Å². The number of aromatic hydroxyl groups is 1. The average molecular weight is 431 g/mol. The molecular formula is C29H50O2. The number of phenolic OH excluding ortho intramolecular Hbond substituents is 1. The van der Waals surface area contributed by atoms with E-state index in [9.17, 15) is 5.11 Å². The average Bonchev–Trinajstić information content (AvgIpc) is 2.70. The Bertz CT molecular complexity index is 705. The SMILES string of the molecule is Cc1c(C)c2c(c(C)c1O)CCC(C)(CCC[C@@H](C)CCC[C@H](C)CCCC(C)C)O2. The normalized spacial score (nSPS) is 20.4. The second kappa shape index (κ2) is 11.6. The van der Waals surface area contributed by atoms with Gasteiger partial charge in [0.15, 0.2) is 0 Å².